The normalized spacial score (nSPS) is 15.8. The Morgan fingerprint density at radius 2 is 1.88 bits per heavy atom. The first-order valence-electron chi connectivity index (χ1n) is 12.0. The van der Waals surface area contributed by atoms with Gasteiger partial charge in [0, 0.05) is 11.1 Å². The minimum atomic E-state index is -1.06. The van der Waals surface area contributed by atoms with E-state index in [4.69, 9.17) is 0 Å². The third-order valence-corrected chi connectivity index (χ3v) is 6.87. The highest BCUT2D eigenvalue weighted by atomic mass is 16.4. The minimum absolute atomic E-state index is 0.00214. The van der Waals surface area contributed by atoms with Gasteiger partial charge in [-0.1, -0.05) is 57.2 Å². The Balaban J connectivity index is 1.78. The van der Waals surface area contributed by atoms with Crippen LogP contribution in [0.2, 0.25) is 0 Å². The van der Waals surface area contributed by atoms with Crippen molar-refractivity contribution in [2.45, 2.75) is 71.3 Å². The zero-order chi connectivity index (χ0) is 23.4. The molecule has 3 aromatic rings. The van der Waals surface area contributed by atoms with E-state index in [1.165, 1.54) is 55.8 Å². The maximum Gasteiger partial charge on any atom is 0.354 e. The molecule has 0 saturated carbocycles. The van der Waals surface area contributed by atoms with Gasteiger partial charge in [-0.25, -0.2) is 14.6 Å². The van der Waals surface area contributed by atoms with E-state index < -0.39 is 11.9 Å². The van der Waals surface area contributed by atoms with Crippen molar-refractivity contribution in [2.75, 3.05) is 0 Å². The number of aromatic nitrogens is 2. The predicted molar refractivity (Wildman–Crippen MR) is 128 cm³/mol. The van der Waals surface area contributed by atoms with Crippen LogP contribution in [-0.4, -0.2) is 31.7 Å². The van der Waals surface area contributed by atoms with Crippen LogP contribution >= 0.6 is 0 Å². The number of nitrogens with zero attached hydrogens (tertiary/aromatic N) is 2. The number of hydrogen-bond acceptors (Lipinski definition) is 3. The lowest BCUT2D eigenvalue weighted by Crippen LogP contribution is -2.13. The van der Waals surface area contributed by atoms with Gasteiger partial charge in [0.05, 0.1) is 23.3 Å². The van der Waals surface area contributed by atoms with Crippen LogP contribution in [0.15, 0.2) is 36.4 Å². The molecule has 1 aliphatic rings. The topological polar surface area (TPSA) is 92.4 Å². The Labute approximate surface area is 194 Å². The molecule has 0 fully saturated rings. The van der Waals surface area contributed by atoms with Crippen molar-refractivity contribution >= 4 is 22.8 Å². The molecule has 0 amide bonds. The molecule has 1 aromatic carbocycles. The molecule has 0 saturated heterocycles. The van der Waals surface area contributed by atoms with E-state index in [-0.39, 0.29) is 11.3 Å². The van der Waals surface area contributed by atoms with E-state index in [2.05, 4.69) is 16.5 Å². The van der Waals surface area contributed by atoms with Gasteiger partial charge in [0.15, 0.2) is 0 Å². The second-order valence-electron chi connectivity index (χ2n) is 9.15. The quantitative estimate of drug-likeness (QED) is 0.312. The van der Waals surface area contributed by atoms with E-state index in [9.17, 15) is 19.8 Å². The molecule has 1 atom stereocenters. The largest absolute Gasteiger partial charge is 0.478 e. The number of rotatable bonds is 9. The third-order valence-electron chi connectivity index (χ3n) is 6.87. The average molecular weight is 449 g/mol. The number of benzene rings is 1. The van der Waals surface area contributed by atoms with E-state index in [1.54, 1.807) is 12.1 Å². The highest BCUT2D eigenvalue weighted by molar-refractivity contribution is 6.04. The molecular formula is C27H32N2O4. The van der Waals surface area contributed by atoms with Crippen LogP contribution in [0.1, 0.15) is 89.7 Å². The van der Waals surface area contributed by atoms with Crippen LogP contribution in [0.3, 0.4) is 0 Å². The lowest BCUT2D eigenvalue weighted by Gasteiger charge is -2.18. The summed E-state index contributed by atoms with van der Waals surface area (Å²) in [6.45, 7) is 2.59. The van der Waals surface area contributed by atoms with Gasteiger partial charge in [-0.2, -0.15) is 0 Å². The van der Waals surface area contributed by atoms with Crippen LogP contribution in [0.4, 0.5) is 0 Å². The summed E-state index contributed by atoms with van der Waals surface area (Å²) < 4.78 is 2.10. The van der Waals surface area contributed by atoms with Crippen molar-refractivity contribution in [3.63, 3.8) is 0 Å². The van der Waals surface area contributed by atoms with Crippen LogP contribution in [0.5, 0.6) is 0 Å². The Hall–Kier alpha value is -3.15. The summed E-state index contributed by atoms with van der Waals surface area (Å²) in [6.07, 6.45) is 10.3. The fourth-order valence-corrected chi connectivity index (χ4v) is 5.29. The molecule has 1 unspecified atom stereocenters. The van der Waals surface area contributed by atoms with E-state index in [1.807, 2.05) is 18.2 Å². The summed E-state index contributed by atoms with van der Waals surface area (Å²) in [6, 6.07) is 10.5. The first-order valence-corrected chi connectivity index (χ1v) is 12.0. The fraction of sp³-hybridized carbons (Fsp3) is 0.444. The summed E-state index contributed by atoms with van der Waals surface area (Å²) in [5, 5.41) is 20.3. The number of aryl methyl sites for hydroxylation is 1. The highest BCUT2D eigenvalue weighted by Crippen LogP contribution is 2.36. The summed E-state index contributed by atoms with van der Waals surface area (Å²) in [4.78, 5) is 27.9. The molecule has 6 heteroatoms. The van der Waals surface area contributed by atoms with E-state index in [0.717, 1.165) is 30.2 Å². The number of fused-ring (bicyclic) bond motifs is 3. The van der Waals surface area contributed by atoms with Gasteiger partial charge >= 0.3 is 11.9 Å². The molecule has 174 valence electrons. The number of carboxylic acid groups (broad SMARTS) is 2. The SMILES string of the molecule is CCCCCCC1CCCc2c(n(Cc3cccc(C(=O)O)n3)c3c(C(=O)O)cccc23)C1. The first kappa shape index (κ1) is 23.0. The highest BCUT2D eigenvalue weighted by Gasteiger charge is 2.26. The van der Waals surface area contributed by atoms with Crippen LogP contribution in [0.25, 0.3) is 10.9 Å². The van der Waals surface area contributed by atoms with Crippen molar-refractivity contribution < 1.29 is 19.8 Å². The molecule has 6 nitrogen and oxygen atoms in total. The van der Waals surface area contributed by atoms with Crippen LogP contribution in [0, 0.1) is 5.92 Å². The molecule has 4 rings (SSSR count). The van der Waals surface area contributed by atoms with E-state index in [0.29, 0.717) is 18.2 Å². The third kappa shape index (κ3) is 4.95. The molecule has 2 aromatic heterocycles. The maximum atomic E-state index is 12.1. The average Bonchev–Trinajstić information content (AvgIpc) is 2.95. The smallest absolute Gasteiger partial charge is 0.354 e. The minimum Gasteiger partial charge on any atom is -0.478 e. The Morgan fingerprint density at radius 3 is 2.64 bits per heavy atom. The maximum absolute atomic E-state index is 12.1. The number of carboxylic acids is 2. The van der Waals surface area contributed by atoms with Gasteiger partial charge in [0.1, 0.15) is 5.69 Å². The van der Waals surface area contributed by atoms with Crippen molar-refractivity contribution in [3.8, 4) is 0 Å². The molecule has 2 N–H and O–H groups in total. The molecule has 0 aliphatic heterocycles. The molecule has 33 heavy (non-hydrogen) atoms. The number of para-hydroxylation sites is 1. The first-order chi connectivity index (χ1) is 16.0. The van der Waals surface area contributed by atoms with Gasteiger partial charge in [0.2, 0.25) is 0 Å². The van der Waals surface area contributed by atoms with Gasteiger partial charge in [-0.3, -0.25) is 0 Å². The van der Waals surface area contributed by atoms with E-state index >= 15 is 0 Å². The van der Waals surface area contributed by atoms with Crippen molar-refractivity contribution in [3.05, 3.63) is 64.6 Å². The zero-order valence-corrected chi connectivity index (χ0v) is 19.2. The van der Waals surface area contributed by atoms with Gasteiger partial charge in [0.25, 0.3) is 0 Å². The Morgan fingerprint density at radius 1 is 1.06 bits per heavy atom. The number of carbonyl (C=O) groups is 2. The van der Waals surface area contributed by atoms with Crippen LogP contribution < -0.4 is 0 Å². The number of pyridine rings is 1. The summed E-state index contributed by atoms with van der Waals surface area (Å²) >= 11 is 0. The summed E-state index contributed by atoms with van der Waals surface area (Å²) in [5.41, 5.74) is 4.08. The number of hydrogen-bond donors (Lipinski definition) is 2. The lowest BCUT2D eigenvalue weighted by atomic mass is 9.93. The summed E-state index contributed by atoms with van der Waals surface area (Å²) in [7, 11) is 0. The van der Waals surface area contributed by atoms with Crippen molar-refractivity contribution in [2.24, 2.45) is 5.92 Å². The monoisotopic (exact) mass is 448 g/mol. The molecule has 2 heterocycles. The Bertz CT molecular complexity index is 1160. The van der Waals surface area contributed by atoms with Crippen LogP contribution in [-0.2, 0) is 19.4 Å². The lowest BCUT2D eigenvalue weighted by molar-refractivity contribution is 0.0683. The molecule has 0 bridgehead atoms. The second-order valence-corrected chi connectivity index (χ2v) is 9.15. The molecule has 1 aliphatic carbocycles. The summed E-state index contributed by atoms with van der Waals surface area (Å²) in [5.74, 6) is -1.43. The zero-order valence-electron chi connectivity index (χ0n) is 19.2. The van der Waals surface area contributed by atoms with Crippen molar-refractivity contribution in [1.82, 2.24) is 9.55 Å². The second kappa shape index (κ2) is 10.2. The molecular weight excluding hydrogens is 416 g/mol. The standard InChI is InChI=1S/C27H32N2O4/c1-2-3-4-5-9-18-10-6-12-20-21-13-8-14-22(26(30)31)25(21)29(24(20)16-18)17-19-11-7-15-23(28-19)27(32)33/h7-8,11,13-15,18H,2-6,9-10,12,16-17H2,1H3,(H,30,31)(H,32,33). The predicted octanol–water partition coefficient (Wildman–Crippen LogP) is 5.95. The molecule has 0 spiro atoms. The fourth-order valence-electron chi connectivity index (χ4n) is 5.29. The number of unbranched alkanes of at least 4 members (excludes halogenated alkanes) is 3. The van der Waals surface area contributed by atoms with Gasteiger partial charge < -0.3 is 14.8 Å². The van der Waals surface area contributed by atoms with Gasteiger partial charge in [-0.15, -0.1) is 0 Å². The van der Waals surface area contributed by atoms with Gasteiger partial charge in [-0.05, 0) is 55.4 Å². The van der Waals surface area contributed by atoms with Crippen molar-refractivity contribution in [1.29, 1.82) is 0 Å². The number of aromatic carboxylic acids is 2. The molecule has 0 radical (unpaired) electrons. The Kier molecular flexibility index (Phi) is 7.11.